The summed E-state index contributed by atoms with van der Waals surface area (Å²) in [7, 11) is 0. The molecular formula is C19H21N5O2. The Hall–Kier alpha value is -2.67. The van der Waals surface area contributed by atoms with Gasteiger partial charge in [-0.05, 0) is 37.5 Å². The van der Waals surface area contributed by atoms with E-state index in [4.69, 9.17) is 5.73 Å². The smallest absolute Gasteiger partial charge is 0.274 e. The number of nitrogens with two attached hydrogens (primary N) is 1. The van der Waals surface area contributed by atoms with Crippen LogP contribution >= 0.6 is 0 Å². The summed E-state index contributed by atoms with van der Waals surface area (Å²) >= 11 is 0. The molecule has 2 aliphatic heterocycles. The van der Waals surface area contributed by atoms with Gasteiger partial charge in [0.05, 0.1) is 17.5 Å². The third kappa shape index (κ3) is 2.34. The largest absolute Gasteiger partial charge is 0.397 e. The van der Waals surface area contributed by atoms with Gasteiger partial charge >= 0.3 is 0 Å². The summed E-state index contributed by atoms with van der Waals surface area (Å²) in [4.78, 5) is 23.4. The summed E-state index contributed by atoms with van der Waals surface area (Å²) in [6.07, 6.45) is 4.30. The number of hydrogen-bond donors (Lipinski definition) is 3. The highest BCUT2D eigenvalue weighted by Gasteiger charge is 2.49. The van der Waals surface area contributed by atoms with Crippen LogP contribution in [0.15, 0.2) is 24.4 Å². The second-order valence-electron chi connectivity index (χ2n) is 7.58. The highest BCUT2D eigenvalue weighted by atomic mass is 16.3. The molecule has 1 unspecified atom stereocenters. The molecule has 1 saturated heterocycles. The summed E-state index contributed by atoms with van der Waals surface area (Å²) in [6, 6.07) is 5.69. The Morgan fingerprint density at radius 2 is 2.23 bits per heavy atom. The van der Waals surface area contributed by atoms with Gasteiger partial charge in [-0.1, -0.05) is 0 Å². The number of anilines is 2. The molecule has 7 heteroatoms. The molecule has 2 aromatic heterocycles. The summed E-state index contributed by atoms with van der Waals surface area (Å²) in [5, 5.41) is 13.1. The quantitative estimate of drug-likeness (QED) is 0.755. The standard InChI is InChI=1S/C19H21N5O2/c20-14-1-2-15(23-16(14)18(26)24-6-3-12(25)9-24)11-7-13-17(21-8-11)22-10-19(13)4-5-19/h1-2,7-8,12,25H,3-6,9-10,20H2,(H,21,22). The van der Waals surface area contributed by atoms with Crippen LogP contribution in [-0.2, 0) is 5.41 Å². The average molecular weight is 351 g/mol. The predicted molar refractivity (Wildman–Crippen MR) is 97.8 cm³/mol. The first-order valence-electron chi connectivity index (χ1n) is 9.04. The van der Waals surface area contributed by atoms with Gasteiger partial charge in [-0.15, -0.1) is 0 Å². The van der Waals surface area contributed by atoms with Crippen LogP contribution in [0.2, 0.25) is 0 Å². The SMILES string of the molecule is Nc1ccc(-c2cnc3c(c2)C2(CC2)CN3)nc1C(=O)N1CCC(O)C1. The molecule has 0 bridgehead atoms. The zero-order chi connectivity index (χ0) is 17.9. The molecule has 1 aliphatic carbocycles. The van der Waals surface area contributed by atoms with Gasteiger partial charge < -0.3 is 21.1 Å². The molecule has 2 aromatic rings. The summed E-state index contributed by atoms with van der Waals surface area (Å²) < 4.78 is 0. The molecule has 0 aromatic carbocycles. The number of hydrogen-bond acceptors (Lipinski definition) is 6. The van der Waals surface area contributed by atoms with Crippen molar-refractivity contribution in [3.05, 3.63) is 35.7 Å². The normalized spacial score (nSPS) is 22.3. The van der Waals surface area contributed by atoms with Crippen LogP contribution in [0.4, 0.5) is 11.5 Å². The Bertz CT molecular complexity index is 909. The number of nitrogens with zero attached hydrogens (tertiary/aromatic N) is 3. The minimum Gasteiger partial charge on any atom is -0.397 e. The number of nitrogens with one attached hydrogen (secondary N) is 1. The van der Waals surface area contributed by atoms with E-state index in [1.54, 1.807) is 17.2 Å². The molecule has 1 atom stereocenters. The molecule has 1 amide bonds. The highest BCUT2D eigenvalue weighted by Crippen LogP contribution is 2.54. The average Bonchev–Trinajstić information content (AvgIpc) is 3.17. The summed E-state index contributed by atoms with van der Waals surface area (Å²) in [6.45, 7) is 1.81. The van der Waals surface area contributed by atoms with E-state index in [0.717, 1.165) is 17.9 Å². The number of rotatable bonds is 2. The highest BCUT2D eigenvalue weighted by molar-refractivity contribution is 5.98. The third-order valence-electron chi connectivity index (χ3n) is 5.78. The van der Waals surface area contributed by atoms with Crippen molar-refractivity contribution in [2.45, 2.75) is 30.8 Å². The van der Waals surface area contributed by atoms with Crippen LogP contribution < -0.4 is 11.1 Å². The zero-order valence-corrected chi connectivity index (χ0v) is 14.4. The van der Waals surface area contributed by atoms with Gasteiger partial charge in [-0.25, -0.2) is 9.97 Å². The first-order valence-corrected chi connectivity index (χ1v) is 9.04. The molecule has 3 aliphatic rings. The fraction of sp³-hybridized carbons (Fsp3) is 0.421. The minimum atomic E-state index is -0.466. The Kier molecular flexibility index (Phi) is 3.24. The number of likely N-dealkylation sites (tertiary alicyclic amines) is 1. The summed E-state index contributed by atoms with van der Waals surface area (Å²) in [5.41, 5.74) is 9.71. The Morgan fingerprint density at radius 1 is 1.38 bits per heavy atom. The lowest BCUT2D eigenvalue weighted by molar-refractivity contribution is 0.0760. The molecule has 1 spiro atoms. The zero-order valence-electron chi connectivity index (χ0n) is 14.4. The van der Waals surface area contributed by atoms with Gasteiger partial charge in [0.2, 0.25) is 0 Å². The molecule has 5 rings (SSSR count). The predicted octanol–water partition coefficient (Wildman–Crippen LogP) is 1.39. The number of amides is 1. The van der Waals surface area contributed by atoms with E-state index in [0.29, 0.717) is 30.9 Å². The van der Waals surface area contributed by atoms with Crippen molar-refractivity contribution in [2.75, 3.05) is 30.7 Å². The maximum atomic E-state index is 12.7. The molecule has 2 fully saturated rings. The van der Waals surface area contributed by atoms with Gasteiger partial charge in [0, 0.05) is 42.4 Å². The van der Waals surface area contributed by atoms with Crippen molar-refractivity contribution in [3.63, 3.8) is 0 Å². The van der Waals surface area contributed by atoms with E-state index < -0.39 is 6.10 Å². The number of aromatic nitrogens is 2. The van der Waals surface area contributed by atoms with Crippen molar-refractivity contribution < 1.29 is 9.90 Å². The number of pyridine rings is 2. The van der Waals surface area contributed by atoms with Gasteiger partial charge in [-0.3, -0.25) is 4.79 Å². The number of nitrogen functional groups attached to an aromatic ring is 1. The number of aliphatic hydroxyl groups is 1. The monoisotopic (exact) mass is 351 g/mol. The number of aliphatic hydroxyl groups excluding tert-OH is 1. The lowest BCUT2D eigenvalue weighted by Crippen LogP contribution is -2.31. The minimum absolute atomic E-state index is 0.227. The molecule has 1 saturated carbocycles. The molecular weight excluding hydrogens is 330 g/mol. The van der Waals surface area contributed by atoms with Crippen molar-refractivity contribution in [1.82, 2.24) is 14.9 Å². The van der Waals surface area contributed by atoms with E-state index in [-0.39, 0.29) is 17.0 Å². The first kappa shape index (κ1) is 15.6. The Labute approximate surface area is 151 Å². The maximum Gasteiger partial charge on any atom is 0.274 e. The molecule has 4 N–H and O–H groups in total. The van der Waals surface area contributed by atoms with Crippen molar-refractivity contribution in [2.24, 2.45) is 0 Å². The third-order valence-corrected chi connectivity index (χ3v) is 5.78. The lowest BCUT2D eigenvalue weighted by Gasteiger charge is -2.17. The lowest BCUT2D eigenvalue weighted by atomic mass is 9.98. The molecule has 7 nitrogen and oxygen atoms in total. The second-order valence-corrected chi connectivity index (χ2v) is 7.58. The van der Waals surface area contributed by atoms with Crippen LogP contribution in [-0.4, -0.2) is 51.6 Å². The van der Waals surface area contributed by atoms with Crippen LogP contribution in [0.1, 0.15) is 35.3 Å². The second kappa shape index (κ2) is 5.41. The van der Waals surface area contributed by atoms with Crippen molar-refractivity contribution in [1.29, 1.82) is 0 Å². The Morgan fingerprint density at radius 3 is 2.96 bits per heavy atom. The van der Waals surface area contributed by atoms with Gasteiger partial charge in [0.1, 0.15) is 5.82 Å². The number of fused-ring (bicyclic) bond motifs is 2. The van der Waals surface area contributed by atoms with Crippen LogP contribution in [0.25, 0.3) is 11.3 Å². The molecule has 4 heterocycles. The van der Waals surface area contributed by atoms with E-state index in [1.165, 1.54) is 18.4 Å². The van der Waals surface area contributed by atoms with Gasteiger partial charge in [0.15, 0.2) is 5.69 Å². The number of β-amino-alcohol motifs (C(OH)–C–C–N with tert-alkyl or cyclic N) is 1. The van der Waals surface area contributed by atoms with Gasteiger partial charge in [-0.2, -0.15) is 0 Å². The van der Waals surface area contributed by atoms with Gasteiger partial charge in [0.25, 0.3) is 5.91 Å². The van der Waals surface area contributed by atoms with E-state index in [2.05, 4.69) is 21.4 Å². The van der Waals surface area contributed by atoms with Crippen molar-refractivity contribution in [3.8, 4) is 11.3 Å². The maximum absolute atomic E-state index is 12.7. The topological polar surface area (TPSA) is 104 Å². The Balaban J connectivity index is 1.50. The van der Waals surface area contributed by atoms with Crippen LogP contribution in [0, 0.1) is 0 Å². The molecule has 134 valence electrons. The molecule has 0 radical (unpaired) electrons. The van der Waals surface area contributed by atoms with Crippen LogP contribution in [0.3, 0.4) is 0 Å². The van der Waals surface area contributed by atoms with Crippen molar-refractivity contribution >= 4 is 17.4 Å². The van der Waals surface area contributed by atoms with E-state index in [9.17, 15) is 9.90 Å². The van der Waals surface area contributed by atoms with Crippen LogP contribution in [0.5, 0.6) is 0 Å². The van der Waals surface area contributed by atoms with E-state index >= 15 is 0 Å². The fourth-order valence-electron chi connectivity index (χ4n) is 3.97. The van der Waals surface area contributed by atoms with E-state index in [1.807, 2.05) is 6.07 Å². The number of carbonyl (C=O) groups is 1. The summed E-state index contributed by atoms with van der Waals surface area (Å²) in [5.74, 6) is 0.736. The molecule has 26 heavy (non-hydrogen) atoms. The fourth-order valence-corrected chi connectivity index (χ4v) is 3.97. The first-order chi connectivity index (χ1) is 12.6. The number of carbonyl (C=O) groups excluding carboxylic acids is 1.